The molecule has 2 saturated carbocycles. The van der Waals surface area contributed by atoms with E-state index < -0.39 is 28.9 Å². The summed E-state index contributed by atoms with van der Waals surface area (Å²) in [4.78, 5) is 0. The summed E-state index contributed by atoms with van der Waals surface area (Å²) >= 11 is -0.826. The Morgan fingerprint density at radius 2 is 0.981 bits per heavy atom. The quantitative estimate of drug-likeness (QED) is 0.207. The molecule has 4 aliphatic rings. The molecule has 0 radical (unpaired) electrons. The van der Waals surface area contributed by atoms with E-state index in [-0.39, 0.29) is 25.7 Å². The molecule has 0 aliphatic heterocycles. The summed E-state index contributed by atoms with van der Waals surface area (Å²) in [5.74, 6) is 4.91. The van der Waals surface area contributed by atoms with Crippen molar-refractivity contribution in [2.24, 2.45) is 41.4 Å². The predicted molar refractivity (Wildman–Crippen MR) is 247 cm³/mol. The SMILES string of the molecule is CC.CC.CC(C)C1CC2C(c3ccc(C(C)(C)C)cc3)=CC=CC2C1[Si](C)(C)C1C(C)CC2C(c3ccc(C(C)(C)C)cc3)=CC=CC21.[CH3-].[CH3-].[Cl][Zr+2][Cl]. The number of benzene rings is 2. The molecule has 0 spiro atoms. The van der Waals surface area contributed by atoms with Gasteiger partial charge in [-0.05, 0) is 110 Å². The molecule has 0 saturated heterocycles. The molecule has 8 unspecified atom stereocenters. The first-order valence-electron chi connectivity index (χ1n) is 20.5. The van der Waals surface area contributed by atoms with Crippen LogP contribution in [-0.2, 0) is 31.7 Å². The van der Waals surface area contributed by atoms with Crippen LogP contribution in [0.15, 0.2) is 85.0 Å². The Kier molecular flexibility index (Phi) is 20.6. The Labute approximate surface area is 355 Å². The van der Waals surface area contributed by atoms with Crippen LogP contribution in [0, 0.1) is 56.3 Å². The van der Waals surface area contributed by atoms with E-state index >= 15 is 0 Å². The van der Waals surface area contributed by atoms with Gasteiger partial charge in [0.25, 0.3) is 0 Å². The molecule has 0 heterocycles. The van der Waals surface area contributed by atoms with Gasteiger partial charge in [0.15, 0.2) is 0 Å². The predicted octanol–water partition coefficient (Wildman–Crippen LogP) is 16.8. The van der Waals surface area contributed by atoms with E-state index in [9.17, 15) is 0 Å². The number of halogens is 2. The molecule has 4 heteroatoms. The molecule has 2 aromatic rings. The van der Waals surface area contributed by atoms with E-state index in [0.29, 0.717) is 23.7 Å². The Morgan fingerprint density at radius 3 is 1.33 bits per heavy atom. The van der Waals surface area contributed by atoms with E-state index in [1.807, 2.05) is 27.7 Å². The first-order chi connectivity index (χ1) is 24.5. The van der Waals surface area contributed by atoms with Gasteiger partial charge in [-0.1, -0.05) is 188 Å². The summed E-state index contributed by atoms with van der Waals surface area (Å²) in [6, 6.07) is 19.2. The second-order valence-electron chi connectivity index (χ2n) is 18.3. The Hall–Kier alpha value is -0.920. The monoisotopic (exact) mass is 866 g/mol. The first kappa shape index (κ1) is 51.1. The van der Waals surface area contributed by atoms with Crippen LogP contribution < -0.4 is 0 Å². The zero-order valence-electron chi connectivity index (χ0n) is 37.4. The van der Waals surface area contributed by atoms with Gasteiger partial charge in [0.1, 0.15) is 0 Å². The molecule has 0 nitrogen and oxygen atoms in total. The van der Waals surface area contributed by atoms with Gasteiger partial charge < -0.3 is 14.9 Å². The molecule has 2 aromatic carbocycles. The molecule has 300 valence electrons. The average Bonchev–Trinajstić information content (AvgIpc) is 3.69. The van der Waals surface area contributed by atoms with E-state index in [4.69, 9.17) is 17.0 Å². The summed E-state index contributed by atoms with van der Waals surface area (Å²) in [5.41, 5.74) is 10.9. The van der Waals surface area contributed by atoms with Crippen molar-refractivity contribution in [3.05, 3.63) is 122 Å². The third-order valence-electron chi connectivity index (χ3n) is 12.7. The van der Waals surface area contributed by atoms with Gasteiger partial charge in [0.2, 0.25) is 0 Å². The van der Waals surface area contributed by atoms with E-state index in [2.05, 4.69) is 160 Å². The molecule has 0 aromatic heterocycles. The maximum absolute atomic E-state index is 4.93. The Bertz CT molecular complexity index is 1530. The van der Waals surface area contributed by atoms with Crippen LogP contribution in [0.3, 0.4) is 0 Å². The average molecular weight is 869 g/mol. The number of allylic oxidation sites excluding steroid dienone is 8. The molecule has 8 atom stereocenters. The minimum absolute atomic E-state index is 0. The fourth-order valence-corrected chi connectivity index (χ4v) is 16.9. The van der Waals surface area contributed by atoms with Crippen LogP contribution in [0.25, 0.3) is 11.1 Å². The zero-order chi connectivity index (χ0) is 39.2. The van der Waals surface area contributed by atoms with Crippen LogP contribution in [0.1, 0.15) is 125 Å². The van der Waals surface area contributed by atoms with Gasteiger partial charge in [0, 0.05) is 0 Å². The van der Waals surface area contributed by atoms with Crippen LogP contribution in [0.2, 0.25) is 24.2 Å². The van der Waals surface area contributed by atoms with Crippen molar-refractivity contribution < 1.29 is 20.8 Å². The zero-order valence-corrected chi connectivity index (χ0v) is 42.4. The van der Waals surface area contributed by atoms with Gasteiger partial charge in [-0.25, -0.2) is 0 Å². The van der Waals surface area contributed by atoms with E-state index in [0.717, 1.165) is 28.8 Å². The van der Waals surface area contributed by atoms with Crippen molar-refractivity contribution in [1.82, 2.24) is 0 Å². The summed E-state index contributed by atoms with van der Waals surface area (Å²) in [6.07, 6.45) is 17.7. The van der Waals surface area contributed by atoms with Crippen LogP contribution in [-0.4, -0.2) is 8.07 Å². The summed E-state index contributed by atoms with van der Waals surface area (Å²) in [7, 11) is 8.14. The van der Waals surface area contributed by atoms with Gasteiger partial charge in [-0.15, -0.1) is 0 Å². The van der Waals surface area contributed by atoms with Crippen LogP contribution >= 0.6 is 17.0 Å². The molecule has 6 rings (SSSR count). The topological polar surface area (TPSA) is 0 Å². The number of hydrogen-bond donors (Lipinski definition) is 0. The maximum atomic E-state index is 4.93. The Balaban J connectivity index is 0.00000152. The Morgan fingerprint density at radius 1 is 0.630 bits per heavy atom. The first-order valence-corrected chi connectivity index (χ1v) is 29.9. The van der Waals surface area contributed by atoms with Gasteiger partial charge >= 0.3 is 37.9 Å². The van der Waals surface area contributed by atoms with Crippen molar-refractivity contribution in [2.45, 2.75) is 138 Å². The van der Waals surface area contributed by atoms with E-state index in [1.54, 1.807) is 11.1 Å². The molecule has 0 bridgehead atoms. The van der Waals surface area contributed by atoms with Crippen molar-refractivity contribution in [3.8, 4) is 0 Å². The normalized spacial score (nSPS) is 26.7. The molecular formula is C50H78Cl2SiZr. The van der Waals surface area contributed by atoms with Gasteiger partial charge in [0.05, 0.1) is 8.07 Å². The number of fused-ring (bicyclic) bond motifs is 2. The van der Waals surface area contributed by atoms with Crippen LogP contribution in [0.5, 0.6) is 0 Å². The van der Waals surface area contributed by atoms with Crippen molar-refractivity contribution in [3.63, 3.8) is 0 Å². The molecular weight excluding hydrogens is 791 g/mol. The second-order valence-corrected chi connectivity index (χ2v) is 27.0. The molecule has 0 amide bonds. The summed E-state index contributed by atoms with van der Waals surface area (Å²) in [5, 5.41) is 0. The number of rotatable bonds is 5. The summed E-state index contributed by atoms with van der Waals surface area (Å²) in [6.45, 7) is 35.2. The third-order valence-corrected chi connectivity index (χ3v) is 17.9. The van der Waals surface area contributed by atoms with E-state index in [1.165, 1.54) is 35.1 Å². The van der Waals surface area contributed by atoms with Gasteiger partial charge in [-0.3, -0.25) is 0 Å². The van der Waals surface area contributed by atoms with Crippen LogP contribution in [0.4, 0.5) is 0 Å². The fourth-order valence-electron chi connectivity index (χ4n) is 10.6. The molecule has 4 aliphatic carbocycles. The number of hydrogen-bond acceptors (Lipinski definition) is 0. The molecule has 0 N–H and O–H groups in total. The standard InChI is InChI=1S/C44H60Si.2C2H6.2CH3.2ClH.Zr/c1-28(2)38-27-40-35(31-20-24-33(25-21-31)44(7,8)9)15-13-17-37(40)42(38)45(10,11)41-29(3)26-39-34(14-12-16-36(39)41)30-18-22-32(23-19-30)43(4,5)6;2*1-2;;;;;/h12-25,28-29,36-42H,26-27H2,1-11H3;2*1-2H3;2*1H3;2*1H;/q;;;2*-1;;;+4/p-2. The van der Waals surface area contributed by atoms with Crippen molar-refractivity contribution >= 4 is 36.2 Å². The van der Waals surface area contributed by atoms with Gasteiger partial charge in [-0.2, -0.15) is 0 Å². The minimum atomic E-state index is -1.73. The van der Waals surface area contributed by atoms with Crippen molar-refractivity contribution in [1.29, 1.82) is 0 Å². The molecule has 54 heavy (non-hydrogen) atoms. The second kappa shape index (κ2) is 21.7. The molecule has 2 fully saturated rings. The van der Waals surface area contributed by atoms with Crippen molar-refractivity contribution in [2.75, 3.05) is 0 Å². The fraction of sp³-hybridized carbons (Fsp3) is 0.560. The third kappa shape index (κ3) is 11.2. The summed E-state index contributed by atoms with van der Waals surface area (Å²) < 4.78 is 0.